The zero-order valence-electron chi connectivity index (χ0n) is 20.1. The molecule has 0 saturated heterocycles. The van der Waals surface area contributed by atoms with Gasteiger partial charge in [-0.15, -0.1) is 0 Å². The normalized spacial score (nSPS) is 12.5. The van der Waals surface area contributed by atoms with E-state index in [-0.39, 0.29) is 0 Å². The second-order valence-electron chi connectivity index (χ2n) is 9.45. The predicted octanol–water partition coefficient (Wildman–Crippen LogP) is 9.18. The minimum atomic E-state index is 0.664. The molecule has 7 rings (SSSR count). The molecule has 0 atom stereocenters. The number of pyridine rings is 1. The van der Waals surface area contributed by atoms with Crippen molar-refractivity contribution in [2.45, 2.75) is 6.42 Å². The lowest BCUT2D eigenvalue weighted by atomic mass is 9.90. The van der Waals surface area contributed by atoms with Gasteiger partial charge in [0.05, 0.1) is 22.7 Å². The molecule has 0 bridgehead atoms. The molecule has 0 radical (unpaired) electrons. The highest BCUT2D eigenvalue weighted by atomic mass is 14.7. The Balaban J connectivity index is 1.60. The fraction of sp³-hybridized carbons (Fsp3) is 0.0286. The van der Waals surface area contributed by atoms with E-state index in [1.807, 2.05) is 18.2 Å². The molecule has 1 heterocycles. The van der Waals surface area contributed by atoms with E-state index < -0.39 is 0 Å². The van der Waals surface area contributed by atoms with Crippen molar-refractivity contribution < 1.29 is 0 Å². The van der Waals surface area contributed by atoms with Crippen LogP contribution in [0, 0.1) is 11.3 Å². The summed E-state index contributed by atoms with van der Waals surface area (Å²) in [6.45, 7) is 0. The van der Waals surface area contributed by atoms with E-state index in [2.05, 4.69) is 109 Å². The number of nitriles is 1. The Bertz CT molecular complexity index is 1970. The third-order valence-electron chi connectivity index (χ3n) is 7.24. The Morgan fingerprint density at radius 1 is 0.622 bits per heavy atom. The molecule has 5 aromatic carbocycles. The molecule has 37 heavy (non-hydrogen) atoms. The van der Waals surface area contributed by atoms with Gasteiger partial charge in [-0.3, -0.25) is 0 Å². The van der Waals surface area contributed by atoms with Gasteiger partial charge < -0.3 is 0 Å². The fourth-order valence-corrected chi connectivity index (χ4v) is 5.49. The van der Waals surface area contributed by atoms with Crippen LogP contribution >= 0.6 is 0 Å². The minimum Gasteiger partial charge on any atom is -0.246 e. The number of allylic oxidation sites excluding steroid dienone is 2. The summed E-state index contributed by atoms with van der Waals surface area (Å²) in [6, 6.07) is 36.0. The van der Waals surface area contributed by atoms with Crippen LogP contribution in [-0.4, -0.2) is 4.98 Å². The van der Waals surface area contributed by atoms with Gasteiger partial charge in [0.1, 0.15) is 0 Å². The number of hydrogen-bond donors (Lipinski definition) is 0. The largest absolute Gasteiger partial charge is 0.246 e. The average molecular weight is 471 g/mol. The SMILES string of the molecule is N#Cc1cccc(-c2cccc(-c3c4ccc5c(c4nc4c3ccc3ccccc34)C=CCC=C5)c2)c1. The highest BCUT2D eigenvalue weighted by molar-refractivity contribution is 6.18. The van der Waals surface area contributed by atoms with E-state index in [9.17, 15) is 5.26 Å². The molecule has 0 N–H and O–H groups in total. The summed E-state index contributed by atoms with van der Waals surface area (Å²) in [7, 11) is 0. The molecule has 0 aliphatic heterocycles. The van der Waals surface area contributed by atoms with Gasteiger partial charge in [0.25, 0.3) is 0 Å². The van der Waals surface area contributed by atoms with Gasteiger partial charge in [-0.05, 0) is 52.3 Å². The van der Waals surface area contributed by atoms with E-state index in [0.29, 0.717) is 5.56 Å². The predicted molar refractivity (Wildman–Crippen MR) is 155 cm³/mol. The Morgan fingerprint density at radius 2 is 1.38 bits per heavy atom. The van der Waals surface area contributed by atoms with Gasteiger partial charge in [-0.2, -0.15) is 5.26 Å². The number of nitrogens with zero attached hydrogens (tertiary/aromatic N) is 2. The van der Waals surface area contributed by atoms with Crippen molar-refractivity contribution in [2.75, 3.05) is 0 Å². The Kier molecular flexibility index (Phi) is 4.94. The summed E-state index contributed by atoms with van der Waals surface area (Å²) in [5.41, 5.74) is 9.53. The first-order valence-corrected chi connectivity index (χ1v) is 12.5. The van der Waals surface area contributed by atoms with Gasteiger partial charge in [-0.25, -0.2) is 4.98 Å². The molecule has 0 spiro atoms. The summed E-state index contributed by atoms with van der Waals surface area (Å²) in [6.07, 6.45) is 9.74. The van der Waals surface area contributed by atoms with Gasteiger partial charge in [0.2, 0.25) is 0 Å². The molecule has 0 fully saturated rings. The van der Waals surface area contributed by atoms with E-state index in [0.717, 1.165) is 50.3 Å². The summed E-state index contributed by atoms with van der Waals surface area (Å²) >= 11 is 0. The topological polar surface area (TPSA) is 36.7 Å². The van der Waals surface area contributed by atoms with Crippen LogP contribution in [0.1, 0.15) is 23.1 Å². The summed E-state index contributed by atoms with van der Waals surface area (Å²) in [5.74, 6) is 0. The van der Waals surface area contributed by atoms with E-state index in [1.165, 1.54) is 22.1 Å². The maximum atomic E-state index is 9.41. The lowest BCUT2D eigenvalue weighted by Gasteiger charge is -2.16. The van der Waals surface area contributed by atoms with Crippen LogP contribution in [0.25, 0.3) is 67.0 Å². The molecular formula is C35H22N2. The Hall–Kier alpha value is -5.00. The minimum absolute atomic E-state index is 0.664. The summed E-state index contributed by atoms with van der Waals surface area (Å²) in [4.78, 5) is 5.33. The smallest absolute Gasteiger partial charge is 0.0991 e. The van der Waals surface area contributed by atoms with Crippen LogP contribution in [0.3, 0.4) is 0 Å². The van der Waals surface area contributed by atoms with Crippen molar-refractivity contribution in [3.05, 3.63) is 126 Å². The number of aromatic nitrogens is 1. The van der Waals surface area contributed by atoms with Crippen LogP contribution in [0.5, 0.6) is 0 Å². The number of fused-ring (bicyclic) bond motifs is 6. The van der Waals surface area contributed by atoms with E-state index in [4.69, 9.17) is 4.98 Å². The zero-order chi connectivity index (χ0) is 24.8. The van der Waals surface area contributed by atoms with Crippen LogP contribution in [-0.2, 0) is 0 Å². The summed E-state index contributed by atoms with van der Waals surface area (Å²) < 4.78 is 0. The standard InChI is InChI=1S/C35H22N2/c36-22-23-8-6-11-26(20-23)27-12-7-13-28(21-27)33-31-18-16-24-9-2-1-3-14-29(24)34(31)37-35-30-15-5-4-10-25(30)17-19-32(33)35/h2-21H,1H2. The molecule has 2 heteroatoms. The van der Waals surface area contributed by atoms with Crippen LogP contribution in [0.2, 0.25) is 0 Å². The van der Waals surface area contributed by atoms with Gasteiger partial charge in [0.15, 0.2) is 0 Å². The molecule has 1 aliphatic rings. The number of benzene rings is 5. The van der Waals surface area contributed by atoms with Crippen molar-refractivity contribution in [3.8, 4) is 28.3 Å². The first-order valence-electron chi connectivity index (χ1n) is 12.5. The first kappa shape index (κ1) is 21.3. The van der Waals surface area contributed by atoms with Crippen molar-refractivity contribution >= 4 is 44.7 Å². The van der Waals surface area contributed by atoms with Gasteiger partial charge >= 0.3 is 0 Å². The maximum Gasteiger partial charge on any atom is 0.0991 e. The van der Waals surface area contributed by atoms with Crippen LogP contribution < -0.4 is 0 Å². The quantitative estimate of drug-likeness (QED) is 0.187. The van der Waals surface area contributed by atoms with E-state index in [1.54, 1.807) is 0 Å². The van der Waals surface area contributed by atoms with Gasteiger partial charge in [-0.1, -0.05) is 103 Å². The molecule has 1 aromatic heterocycles. The molecule has 0 unspecified atom stereocenters. The highest BCUT2D eigenvalue weighted by Crippen LogP contribution is 2.41. The lowest BCUT2D eigenvalue weighted by molar-refractivity contribution is 1.44. The molecule has 6 aromatic rings. The molecular weight excluding hydrogens is 448 g/mol. The highest BCUT2D eigenvalue weighted by Gasteiger charge is 2.17. The van der Waals surface area contributed by atoms with Crippen molar-refractivity contribution in [3.63, 3.8) is 0 Å². The van der Waals surface area contributed by atoms with Crippen molar-refractivity contribution in [2.24, 2.45) is 0 Å². The second kappa shape index (κ2) is 8.59. The third-order valence-corrected chi connectivity index (χ3v) is 7.24. The fourth-order valence-electron chi connectivity index (χ4n) is 5.49. The number of hydrogen-bond acceptors (Lipinski definition) is 2. The molecule has 2 nitrogen and oxygen atoms in total. The lowest BCUT2D eigenvalue weighted by Crippen LogP contribution is -1.94. The third kappa shape index (κ3) is 3.53. The second-order valence-corrected chi connectivity index (χ2v) is 9.45. The van der Waals surface area contributed by atoms with Gasteiger partial charge in [0, 0.05) is 27.3 Å². The zero-order valence-corrected chi connectivity index (χ0v) is 20.1. The first-order chi connectivity index (χ1) is 18.3. The van der Waals surface area contributed by atoms with Crippen LogP contribution in [0.4, 0.5) is 0 Å². The van der Waals surface area contributed by atoms with Crippen molar-refractivity contribution in [1.82, 2.24) is 4.98 Å². The Morgan fingerprint density at radius 3 is 2.30 bits per heavy atom. The number of rotatable bonds is 2. The maximum absolute atomic E-state index is 9.41. The van der Waals surface area contributed by atoms with Crippen molar-refractivity contribution in [1.29, 1.82) is 5.26 Å². The average Bonchev–Trinajstić information content (AvgIpc) is 3.22. The molecule has 172 valence electrons. The van der Waals surface area contributed by atoms with Crippen LogP contribution in [0.15, 0.2) is 109 Å². The molecule has 0 amide bonds. The monoisotopic (exact) mass is 470 g/mol. The summed E-state index contributed by atoms with van der Waals surface area (Å²) in [5, 5.41) is 14.0. The Labute approximate surface area is 215 Å². The van der Waals surface area contributed by atoms with E-state index >= 15 is 0 Å². The molecule has 1 aliphatic carbocycles. The molecule has 0 saturated carbocycles.